The summed E-state index contributed by atoms with van der Waals surface area (Å²) in [5.74, 6) is 2.71. The highest BCUT2D eigenvalue weighted by Crippen LogP contribution is 2.24. The standard InChI is InChI=1S/C35H48O3/c1-4-6-8-10-11-13-27-36-33-21-19-32(20-22-33)31-17-15-30(16-18-31)28-37-34-23-25-35(26-24-34)38-29(3)14-12-9-7-5-2/h15-26,29H,4-14,27-28H2,1-3H3. The van der Waals surface area contributed by atoms with E-state index in [2.05, 4.69) is 69.3 Å². The normalized spacial score (nSPS) is 11.8. The first-order valence-corrected chi connectivity index (χ1v) is 14.9. The Morgan fingerprint density at radius 3 is 1.68 bits per heavy atom. The van der Waals surface area contributed by atoms with E-state index in [4.69, 9.17) is 14.2 Å². The molecule has 0 aliphatic carbocycles. The van der Waals surface area contributed by atoms with Gasteiger partial charge in [0, 0.05) is 0 Å². The molecular weight excluding hydrogens is 468 g/mol. The number of unbranched alkanes of at least 4 members (excludes halogenated alkanes) is 8. The van der Waals surface area contributed by atoms with Crippen LogP contribution >= 0.6 is 0 Å². The summed E-state index contributed by atoms with van der Waals surface area (Å²) in [6.45, 7) is 7.99. The molecule has 0 bridgehead atoms. The van der Waals surface area contributed by atoms with E-state index >= 15 is 0 Å². The molecule has 0 amide bonds. The predicted octanol–water partition coefficient (Wildman–Crippen LogP) is 10.4. The Hall–Kier alpha value is -2.94. The fraction of sp³-hybridized carbons (Fsp3) is 0.486. The molecule has 38 heavy (non-hydrogen) atoms. The van der Waals surface area contributed by atoms with Crippen LogP contribution in [0.5, 0.6) is 17.2 Å². The lowest BCUT2D eigenvalue weighted by Gasteiger charge is -2.15. The molecule has 0 aliphatic heterocycles. The first kappa shape index (κ1) is 29.6. The highest BCUT2D eigenvalue weighted by Gasteiger charge is 2.05. The smallest absolute Gasteiger partial charge is 0.120 e. The van der Waals surface area contributed by atoms with Gasteiger partial charge in [-0.05, 0) is 79.3 Å². The maximum Gasteiger partial charge on any atom is 0.120 e. The molecule has 0 radical (unpaired) electrons. The van der Waals surface area contributed by atoms with Crippen LogP contribution in [0.3, 0.4) is 0 Å². The molecule has 0 aliphatic rings. The van der Waals surface area contributed by atoms with Gasteiger partial charge in [-0.1, -0.05) is 102 Å². The van der Waals surface area contributed by atoms with Crippen molar-refractivity contribution in [1.29, 1.82) is 0 Å². The molecule has 3 aromatic rings. The molecule has 0 spiro atoms. The van der Waals surface area contributed by atoms with Gasteiger partial charge in [-0.3, -0.25) is 0 Å². The van der Waals surface area contributed by atoms with Gasteiger partial charge in [-0.25, -0.2) is 0 Å². The van der Waals surface area contributed by atoms with Crippen molar-refractivity contribution in [2.24, 2.45) is 0 Å². The van der Waals surface area contributed by atoms with Crippen LogP contribution in [-0.2, 0) is 6.61 Å². The Morgan fingerprint density at radius 2 is 1.03 bits per heavy atom. The summed E-state index contributed by atoms with van der Waals surface area (Å²) in [5.41, 5.74) is 3.54. The van der Waals surface area contributed by atoms with Gasteiger partial charge < -0.3 is 14.2 Å². The second kappa shape index (κ2) is 17.5. The average molecular weight is 517 g/mol. The van der Waals surface area contributed by atoms with Crippen molar-refractivity contribution in [3.63, 3.8) is 0 Å². The van der Waals surface area contributed by atoms with Crippen molar-refractivity contribution in [2.45, 2.75) is 104 Å². The molecule has 0 saturated heterocycles. The topological polar surface area (TPSA) is 27.7 Å². The second-order valence-corrected chi connectivity index (χ2v) is 10.4. The van der Waals surface area contributed by atoms with Crippen molar-refractivity contribution < 1.29 is 14.2 Å². The summed E-state index contributed by atoms with van der Waals surface area (Å²) >= 11 is 0. The summed E-state index contributed by atoms with van der Waals surface area (Å²) < 4.78 is 18.0. The molecule has 0 fully saturated rings. The number of benzene rings is 3. The van der Waals surface area contributed by atoms with Crippen LogP contribution in [0.4, 0.5) is 0 Å². The third-order valence-corrected chi connectivity index (χ3v) is 6.94. The molecule has 0 N–H and O–H groups in total. The van der Waals surface area contributed by atoms with Crippen molar-refractivity contribution in [1.82, 2.24) is 0 Å². The molecule has 3 nitrogen and oxygen atoms in total. The van der Waals surface area contributed by atoms with Gasteiger partial charge in [0.2, 0.25) is 0 Å². The summed E-state index contributed by atoms with van der Waals surface area (Å²) in [5, 5.41) is 0. The minimum Gasteiger partial charge on any atom is -0.494 e. The van der Waals surface area contributed by atoms with E-state index in [1.807, 2.05) is 24.3 Å². The van der Waals surface area contributed by atoms with Crippen LogP contribution in [0.15, 0.2) is 72.8 Å². The third-order valence-electron chi connectivity index (χ3n) is 6.94. The van der Waals surface area contributed by atoms with Crippen LogP contribution in [-0.4, -0.2) is 12.7 Å². The van der Waals surface area contributed by atoms with Gasteiger partial charge in [0.1, 0.15) is 23.9 Å². The zero-order valence-electron chi connectivity index (χ0n) is 23.9. The minimum absolute atomic E-state index is 0.242. The largest absolute Gasteiger partial charge is 0.494 e. The van der Waals surface area contributed by atoms with Crippen LogP contribution in [0, 0.1) is 0 Å². The Kier molecular flexibility index (Phi) is 13.7. The monoisotopic (exact) mass is 516 g/mol. The quantitative estimate of drug-likeness (QED) is 0.148. The number of hydrogen-bond donors (Lipinski definition) is 0. The Labute approximate surface area is 231 Å². The fourth-order valence-corrected chi connectivity index (χ4v) is 4.54. The number of hydrogen-bond acceptors (Lipinski definition) is 3. The summed E-state index contributed by atoms with van der Waals surface area (Å²) in [7, 11) is 0. The molecule has 1 unspecified atom stereocenters. The van der Waals surface area contributed by atoms with Gasteiger partial charge in [-0.2, -0.15) is 0 Å². The third kappa shape index (κ3) is 11.2. The maximum absolute atomic E-state index is 6.05. The van der Waals surface area contributed by atoms with E-state index < -0.39 is 0 Å². The van der Waals surface area contributed by atoms with Crippen LogP contribution < -0.4 is 14.2 Å². The minimum atomic E-state index is 0.242. The molecule has 3 heteroatoms. The zero-order chi connectivity index (χ0) is 26.8. The highest BCUT2D eigenvalue weighted by molar-refractivity contribution is 5.64. The molecular formula is C35H48O3. The maximum atomic E-state index is 6.05. The van der Waals surface area contributed by atoms with Gasteiger partial charge >= 0.3 is 0 Å². The Balaban J connectivity index is 1.38. The molecule has 0 aromatic heterocycles. The van der Waals surface area contributed by atoms with Crippen molar-refractivity contribution >= 4 is 0 Å². The molecule has 0 saturated carbocycles. The lowest BCUT2D eigenvalue weighted by Crippen LogP contribution is -2.11. The van der Waals surface area contributed by atoms with E-state index in [0.717, 1.165) is 42.3 Å². The van der Waals surface area contributed by atoms with Crippen molar-refractivity contribution in [2.75, 3.05) is 6.61 Å². The highest BCUT2D eigenvalue weighted by atomic mass is 16.5. The van der Waals surface area contributed by atoms with E-state index in [1.165, 1.54) is 68.9 Å². The molecule has 3 aromatic carbocycles. The van der Waals surface area contributed by atoms with Gasteiger partial charge in [0.15, 0.2) is 0 Å². The van der Waals surface area contributed by atoms with E-state index in [1.54, 1.807) is 0 Å². The van der Waals surface area contributed by atoms with Gasteiger partial charge in [0.05, 0.1) is 12.7 Å². The zero-order valence-corrected chi connectivity index (χ0v) is 23.9. The SMILES string of the molecule is CCCCCCCCOc1ccc(-c2ccc(COc3ccc(OC(C)CCCCCC)cc3)cc2)cc1. The van der Waals surface area contributed by atoms with Crippen molar-refractivity contribution in [3.05, 3.63) is 78.4 Å². The lowest BCUT2D eigenvalue weighted by molar-refractivity contribution is 0.206. The molecule has 3 rings (SSSR count). The predicted molar refractivity (Wildman–Crippen MR) is 160 cm³/mol. The van der Waals surface area contributed by atoms with Crippen LogP contribution in [0.2, 0.25) is 0 Å². The first-order chi connectivity index (χ1) is 18.7. The lowest BCUT2D eigenvalue weighted by atomic mass is 10.0. The van der Waals surface area contributed by atoms with Crippen LogP contribution in [0.1, 0.15) is 97.0 Å². The Bertz CT molecular complexity index is 993. The van der Waals surface area contributed by atoms with Gasteiger partial charge in [0.25, 0.3) is 0 Å². The Morgan fingerprint density at radius 1 is 0.526 bits per heavy atom. The molecule has 206 valence electrons. The first-order valence-electron chi connectivity index (χ1n) is 14.9. The van der Waals surface area contributed by atoms with E-state index in [0.29, 0.717) is 6.61 Å². The van der Waals surface area contributed by atoms with E-state index in [9.17, 15) is 0 Å². The van der Waals surface area contributed by atoms with Crippen molar-refractivity contribution in [3.8, 4) is 28.4 Å². The van der Waals surface area contributed by atoms with Crippen LogP contribution in [0.25, 0.3) is 11.1 Å². The molecule has 0 heterocycles. The number of ether oxygens (including phenoxy) is 3. The number of rotatable bonds is 19. The fourth-order valence-electron chi connectivity index (χ4n) is 4.54. The van der Waals surface area contributed by atoms with E-state index in [-0.39, 0.29) is 6.10 Å². The average Bonchev–Trinajstić information content (AvgIpc) is 2.95. The summed E-state index contributed by atoms with van der Waals surface area (Å²) in [4.78, 5) is 0. The second-order valence-electron chi connectivity index (χ2n) is 10.4. The molecule has 1 atom stereocenters. The summed E-state index contributed by atoms with van der Waals surface area (Å²) in [6, 6.07) is 25.0. The van der Waals surface area contributed by atoms with Gasteiger partial charge in [-0.15, -0.1) is 0 Å². The summed E-state index contributed by atoms with van der Waals surface area (Å²) in [6.07, 6.45) is 14.1.